The molecular weight excluding hydrogens is 470 g/mol. The molecule has 7 rings (SSSR count). The van der Waals surface area contributed by atoms with Crippen LogP contribution in [0.5, 0.6) is 11.5 Å². The zero-order valence-corrected chi connectivity index (χ0v) is 20.6. The molecule has 0 fully saturated rings. The fourth-order valence-electron chi connectivity index (χ4n) is 5.37. The Morgan fingerprint density at radius 2 is 1.83 bits per heavy atom. The van der Waals surface area contributed by atoms with E-state index in [9.17, 15) is 4.79 Å². The lowest BCUT2D eigenvalue weighted by atomic mass is 9.99. The molecule has 4 aromatic rings. The number of hydrogen-bond acceptors (Lipinski definition) is 6. The van der Waals surface area contributed by atoms with Gasteiger partial charge in [0.25, 0.3) is 5.91 Å². The number of nitrogens with zero attached hydrogens (tertiary/aromatic N) is 3. The standard InChI is InChI=1S/C29H25N3O3S/c33-28(31-15-12-20(13-16-31)19-7-2-1-3-8-19)22-17-24-26(35-18-34-24)27-25(22)30-29(36-27)32-14-6-10-21-9-4-5-11-23(21)32/h1-5,7-9,11-12,17H,6,10,13-16,18H2. The number of thiazole rings is 1. The van der Waals surface area contributed by atoms with E-state index in [4.69, 9.17) is 14.5 Å². The Morgan fingerprint density at radius 1 is 0.972 bits per heavy atom. The van der Waals surface area contributed by atoms with E-state index in [-0.39, 0.29) is 12.7 Å². The number of benzene rings is 3. The number of ether oxygens (including phenoxy) is 2. The number of carbonyl (C=O) groups is 1. The van der Waals surface area contributed by atoms with Crippen LogP contribution in [-0.2, 0) is 6.42 Å². The fraction of sp³-hybridized carbons (Fsp3) is 0.241. The first-order chi connectivity index (χ1) is 17.8. The zero-order chi connectivity index (χ0) is 24.1. The summed E-state index contributed by atoms with van der Waals surface area (Å²) < 4.78 is 12.4. The highest BCUT2D eigenvalue weighted by atomic mass is 32.1. The van der Waals surface area contributed by atoms with Gasteiger partial charge in [0.1, 0.15) is 10.2 Å². The van der Waals surface area contributed by atoms with Crippen molar-refractivity contribution in [1.82, 2.24) is 9.88 Å². The number of para-hydroxylation sites is 1. The monoisotopic (exact) mass is 495 g/mol. The van der Waals surface area contributed by atoms with Gasteiger partial charge in [-0.15, -0.1) is 0 Å². The molecule has 0 N–H and O–H groups in total. The molecule has 36 heavy (non-hydrogen) atoms. The Morgan fingerprint density at radius 3 is 2.69 bits per heavy atom. The molecule has 180 valence electrons. The molecule has 1 amide bonds. The van der Waals surface area contributed by atoms with Gasteiger partial charge in [-0.2, -0.15) is 0 Å². The van der Waals surface area contributed by atoms with E-state index in [1.807, 2.05) is 17.0 Å². The second kappa shape index (κ2) is 8.68. The van der Waals surface area contributed by atoms with Gasteiger partial charge in [0.15, 0.2) is 16.6 Å². The molecule has 7 heteroatoms. The smallest absolute Gasteiger partial charge is 0.256 e. The van der Waals surface area contributed by atoms with Crippen molar-refractivity contribution in [2.45, 2.75) is 19.3 Å². The number of rotatable bonds is 3. The van der Waals surface area contributed by atoms with Crippen LogP contribution in [0.25, 0.3) is 15.8 Å². The van der Waals surface area contributed by atoms with Crippen LogP contribution in [0.3, 0.4) is 0 Å². The number of fused-ring (bicyclic) bond motifs is 4. The maximum Gasteiger partial charge on any atom is 0.256 e. The minimum Gasteiger partial charge on any atom is -0.454 e. The predicted octanol–water partition coefficient (Wildman–Crippen LogP) is 6.04. The van der Waals surface area contributed by atoms with E-state index in [2.05, 4.69) is 59.5 Å². The van der Waals surface area contributed by atoms with Crippen molar-refractivity contribution in [2.24, 2.45) is 0 Å². The third-order valence-corrected chi connectivity index (χ3v) is 8.28. The lowest BCUT2D eigenvalue weighted by molar-refractivity contribution is 0.0774. The Bertz CT molecular complexity index is 1510. The molecule has 0 unspecified atom stereocenters. The number of amides is 1. The van der Waals surface area contributed by atoms with Crippen molar-refractivity contribution in [3.05, 3.63) is 83.4 Å². The molecule has 0 spiro atoms. The van der Waals surface area contributed by atoms with Gasteiger partial charge in [0.05, 0.1) is 5.56 Å². The first-order valence-electron chi connectivity index (χ1n) is 12.4. The molecule has 0 saturated carbocycles. The minimum atomic E-state index is -0.0162. The van der Waals surface area contributed by atoms with Crippen LogP contribution >= 0.6 is 11.3 Å². The Labute approximate surface area is 213 Å². The second-order valence-electron chi connectivity index (χ2n) is 9.31. The maximum absolute atomic E-state index is 13.8. The highest BCUT2D eigenvalue weighted by molar-refractivity contribution is 7.22. The van der Waals surface area contributed by atoms with E-state index in [0.717, 1.165) is 35.6 Å². The van der Waals surface area contributed by atoms with Crippen molar-refractivity contribution in [1.29, 1.82) is 0 Å². The summed E-state index contributed by atoms with van der Waals surface area (Å²) in [6.07, 6.45) is 5.13. The third-order valence-electron chi connectivity index (χ3n) is 7.21. The fourth-order valence-corrected chi connectivity index (χ4v) is 6.49. The SMILES string of the molecule is O=C(c1cc2c(c3sc(N4CCCc5ccccc54)nc13)OCO2)N1CC=C(c2ccccc2)CC1. The van der Waals surface area contributed by atoms with E-state index in [1.54, 1.807) is 11.3 Å². The lowest BCUT2D eigenvalue weighted by Gasteiger charge is -2.29. The van der Waals surface area contributed by atoms with Crippen molar-refractivity contribution in [2.75, 3.05) is 31.3 Å². The van der Waals surface area contributed by atoms with Gasteiger partial charge >= 0.3 is 0 Å². The van der Waals surface area contributed by atoms with Crippen LogP contribution < -0.4 is 14.4 Å². The van der Waals surface area contributed by atoms with Gasteiger partial charge in [0.2, 0.25) is 6.79 Å². The highest BCUT2D eigenvalue weighted by Crippen LogP contribution is 2.47. The zero-order valence-electron chi connectivity index (χ0n) is 19.8. The van der Waals surface area contributed by atoms with E-state index >= 15 is 0 Å². The lowest BCUT2D eigenvalue weighted by Crippen LogP contribution is -2.34. The summed E-state index contributed by atoms with van der Waals surface area (Å²) in [7, 11) is 0. The summed E-state index contributed by atoms with van der Waals surface area (Å²) in [4.78, 5) is 23.0. The van der Waals surface area contributed by atoms with Crippen molar-refractivity contribution >= 4 is 43.9 Å². The van der Waals surface area contributed by atoms with Crippen LogP contribution in [-0.4, -0.2) is 42.2 Å². The summed E-state index contributed by atoms with van der Waals surface area (Å²) in [6, 6.07) is 20.7. The molecule has 0 bridgehead atoms. The number of aromatic nitrogens is 1. The van der Waals surface area contributed by atoms with Crippen LogP contribution in [0, 0.1) is 0 Å². The molecular formula is C29H25N3O3S. The molecule has 0 saturated heterocycles. The van der Waals surface area contributed by atoms with Gasteiger partial charge < -0.3 is 19.3 Å². The summed E-state index contributed by atoms with van der Waals surface area (Å²) in [5.74, 6) is 1.30. The molecule has 3 aliphatic heterocycles. The van der Waals surface area contributed by atoms with Crippen LogP contribution in [0.4, 0.5) is 10.8 Å². The molecule has 1 aromatic heterocycles. The second-order valence-corrected chi connectivity index (χ2v) is 10.3. The van der Waals surface area contributed by atoms with Gasteiger partial charge in [-0.3, -0.25) is 4.79 Å². The average molecular weight is 496 g/mol. The number of aryl methyl sites for hydroxylation is 1. The summed E-state index contributed by atoms with van der Waals surface area (Å²) in [5, 5.41) is 0.889. The quantitative estimate of drug-likeness (QED) is 0.347. The largest absolute Gasteiger partial charge is 0.454 e. The summed E-state index contributed by atoms with van der Waals surface area (Å²) >= 11 is 1.58. The Kier molecular flexibility index (Phi) is 5.17. The minimum absolute atomic E-state index is 0.0162. The molecule has 6 nitrogen and oxygen atoms in total. The molecule has 3 aromatic carbocycles. The normalized spacial score (nSPS) is 16.7. The first-order valence-corrected chi connectivity index (χ1v) is 13.2. The third kappa shape index (κ3) is 3.54. The average Bonchev–Trinajstić information content (AvgIpc) is 3.60. The molecule has 4 heterocycles. The Hall–Kier alpha value is -3.84. The predicted molar refractivity (Wildman–Crippen MR) is 142 cm³/mol. The van der Waals surface area contributed by atoms with Crippen LogP contribution in [0.1, 0.15) is 34.3 Å². The van der Waals surface area contributed by atoms with E-state index < -0.39 is 0 Å². The highest BCUT2D eigenvalue weighted by Gasteiger charge is 2.30. The molecule has 3 aliphatic rings. The molecule has 0 radical (unpaired) electrons. The number of carbonyl (C=O) groups excluding carboxylic acids is 1. The van der Waals surface area contributed by atoms with Gasteiger partial charge in [-0.25, -0.2) is 4.98 Å². The van der Waals surface area contributed by atoms with Crippen molar-refractivity contribution in [3.8, 4) is 11.5 Å². The van der Waals surface area contributed by atoms with Crippen LogP contribution in [0.15, 0.2) is 66.7 Å². The van der Waals surface area contributed by atoms with Gasteiger partial charge in [0, 0.05) is 25.3 Å². The Balaban J connectivity index is 1.26. The van der Waals surface area contributed by atoms with Crippen molar-refractivity contribution < 1.29 is 14.3 Å². The van der Waals surface area contributed by atoms with Crippen molar-refractivity contribution in [3.63, 3.8) is 0 Å². The van der Waals surface area contributed by atoms with E-state index in [0.29, 0.717) is 35.7 Å². The first kappa shape index (κ1) is 21.4. The van der Waals surface area contributed by atoms with Gasteiger partial charge in [-0.05, 0) is 48.1 Å². The van der Waals surface area contributed by atoms with Crippen LogP contribution in [0.2, 0.25) is 0 Å². The number of anilines is 2. The topological polar surface area (TPSA) is 54.9 Å². The summed E-state index contributed by atoms with van der Waals surface area (Å²) in [6.45, 7) is 2.31. The molecule has 0 atom stereocenters. The summed E-state index contributed by atoms with van der Waals surface area (Å²) in [5.41, 5.74) is 6.32. The van der Waals surface area contributed by atoms with Gasteiger partial charge in [-0.1, -0.05) is 65.9 Å². The number of hydrogen-bond donors (Lipinski definition) is 0. The van der Waals surface area contributed by atoms with E-state index in [1.165, 1.54) is 22.4 Å². The molecule has 0 aliphatic carbocycles. The maximum atomic E-state index is 13.8.